The Morgan fingerprint density at radius 1 is 1.04 bits per heavy atom. The van der Waals surface area contributed by atoms with E-state index in [1.165, 1.54) is 32.9 Å². The van der Waals surface area contributed by atoms with E-state index in [1.807, 2.05) is 0 Å². The highest BCUT2D eigenvalue weighted by atomic mass is 16.8. The van der Waals surface area contributed by atoms with Crippen LogP contribution in [-0.2, 0) is 33.3 Å². The fourth-order valence-corrected chi connectivity index (χ4v) is 8.07. The van der Waals surface area contributed by atoms with Crippen LogP contribution in [0.3, 0.4) is 0 Å². The van der Waals surface area contributed by atoms with Crippen molar-refractivity contribution in [2.75, 3.05) is 20.3 Å². The van der Waals surface area contributed by atoms with Gasteiger partial charge in [-0.2, -0.15) is 0 Å². The van der Waals surface area contributed by atoms with Gasteiger partial charge in [0.15, 0.2) is 17.5 Å². The molecule has 2 bridgehead atoms. The Morgan fingerprint density at radius 2 is 1.69 bits per heavy atom. The van der Waals surface area contributed by atoms with Gasteiger partial charge in [0, 0.05) is 18.3 Å². The average molecular weight is 633 g/mol. The van der Waals surface area contributed by atoms with Crippen LogP contribution in [0, 0.1) is 16.7 Å². The summed E-state index contributed by atoms with van der Waals surface area (Å²) in [6.07, 6.45) is -7.90. The molecular formula is C32H40O13. The van der Waals surface area contributed by atoms with E-state index in [1.54, 1.807) is 32.0 Å². The molecule has 3 aliphatic carbocycles. The quantitative estimate of drug-likeness (QED) is 0.206. The molecule has 4 aliphatic rings. The number of methoxy groups -OCH3 is 1. The normalized spacial score (nSPS) is 40.0. The van der Waals surface area contributed by atoms with Gasteiger partial charge in [0.05, 0.1) is 42.3 Å². The molecule has 1 unspecified atom stereocenters. The molecule has 45 heavy (non-hydrogen) atoms. The van der Waals surface area contributed by atoms with E-state index >= 15 is 0 Å². The minimum Gasteiger partial charge on any atom is -0.455 e. The van der Waals surface area contributed by atoms with Crippen molar-refractivity contribution in [2.24, 2.45) is 16.7 Å². The maximum Gasteiger partial charge on any atom is 0.508 e. The van der Waals surface area contributed by atoms with E-state index in [0.29, 0.717) is 0 Å². The summed E-state index contributed by atoms with van der Waals surface area (Å²) in [5.41, 5.74) is -9.14. The number of hydrogen-bond donors (Lipinski definition) is 4. The monoisotopic (exact) mass is 632 g/mol. The van der Waals surface area contributed by atoms with Crippen molar-refractivity contribution >= 4 is 23.9 Å². The van der Waals surface area contributed by atoms with E-state index in [-0.39, 0.29) is 29.7 Å². The lowest BCUT2D eigenvalue weighted by atomic mass is 9.44. The van der Waals surface area contributed by atoms with Gasteiger partial charge in [-0.3, -0.25) is 4.79 Å². The fraction of sp³-hybridized carbons (Fsp3) is 0.625. The van der Waals surface area contributed by atoms with Crippen LogP contribution in [0.15, 0.2) is 41.5 Å². The SMILES string of the molecule is COC(=O)O[C@@]12CO[C@@H]1C[C@H](O)[C@@]1(C)C(=O)[C@H](OC(=O)CO)C3=C(C)[C@](C)(O)C[C@@](O)([C@@H](OC(=O)c4ccccc4)C12)C3(C)C. The largest absolute Gasteiger partial charge is 0.508 e. The molecule has 1 heterocycles. The number of Topliss-reactive ketones (excluding diaryl/α,β-unsaturated/α-hetero) is 1. The van der Waals surface area contributed by atoms with E-state index in [0.717, 1.165) is 7.11 Å². The first-order valence-corrected chi connectivity index (χ1v) is 14.8. The fourth-order valence-electron chi connectivity index (χ4n) is 8.07. The number of hydrogen-bond acceptors (Lipinski definition) is 13. The van der Waals surface area contributed by atoms with Gasteiger partial charge in [-0.15, -0.1) is 0 Å². The predicted molar refractivity (Wildman–Crippen MR) is 152 cm³/mol. The zero-order chi connectivity index (χ0) is 33.3. The number of ether oxygens (including phenoxy) is 5. The maximum absolute atomic E-state index is 15.0. The van der Waals surface area contributed by atoms with Crippen LogP contribution < -0.4 is 0 Å². The van der Waals surface area contributed by atoms with Gasteiger partial charge in [0.1, 0.15) is 24.4 Å². The molecule has 0 spiro atoms. The van der Waals surface area contributed by atoms with Crippen LogP contribution in [0.1, 0.15) is 57.8 Å². The van der Waals surface area contributed by atoms with Crippen molar-refractivity contribution < 1.29 is 63.3 Å². The van der Waals surface area contributed by atoms with Gasteiger partial charge in [0.2, 0.25) is 0 Å². The molecule has 246 valence electrons. The van der Waals surface area contributed by atoms with Crippen molar-refractivity contribution in [1.29, 1.82) is 0 Å². The lowest BCUT2D eigenvalue weighted by Gasteiger charge is -2.67. The molecule has 0 aromatic heterocycles. The Hall–Kier alpha value is -3.36. The topological polar surface area (TPSA) is 195 Å². The first kappa shape index (κ1) is 33.0. The number of ketones is 1. The zero-order valence-electron chi connectivity index (χ0n) is 26.1. The average Bonchev–Trinajstić information content (AvgIpc) is 2.98. The van der Waals surface area contributed by atoms with Gasteiger partial charge in [-0.05, 0) is 44.1 Å². The first-order valence-electron chi connectivity index (χ1n) is 14.8. The summed E-state index contributed by atoms with van der Waals surface area (Å²) in [6, 6.07) is 7.90. The highest BCUT2D eigenvalue weighted by Crippen LogP contribution is 2.65. The Morgan fingerprint density at radius 3 is 2.24 bits per heavy atom. The number of aliphatic hydroxyl groups excluding tert-OH is 2. The predicted octanol–water partition coefficient (Wildman–Crippen LogP) is 1.24. The summed E-state index contributed by atoms with van der Waals surface area (Å²) in [7, 11) is 1.08. The number of rotatable bonds is 5. The van der Waals surface area contributed by atoms with Gasteiger partial charge in [0.25, 0.3) is 0 Å². The summed E-state index contributed by atoms with van der Waals surface area (Å²) >= 11 is 0. The van der Waals surface area contributed by atoms with Crippen LogP contribution in [0.4, 0.5) is 4.79 Å². The standard InChI is InChI=1S/C32H40O13/c1-16-21-22(43-20(35)13-33)24(36)30(5)18(34)12-19-31(15-42-19,45-27(38)41-6)23(30)25(44-26(37)17-10-8-7-9-11-17)32(40,28(21,2)3)14-29(16,4)39/h7-11,18-19,22-23,25,33-34,39-40H,12-15H2,1-6H3/t18-,19+,22+,23?,25-,29+,30+,31-,32+/m0/s1. The Labute approximate surface area is 260 Å². The molecule has 5 rings (SSSR count). The van der Waals surface area contributed by atoms with Gasteiger partial charge < -0.3 is 44.1 Å². The van der Waals surface area contributed by atoms with E-state index in [4.69, 9.17) is 23.7 Å². The zero-order valence-corrected chi connectivity index (χ0v) is 26.1. The number of fused-ring (bicyclic) bond motifs is 5. The summed E-state index contributed by atoms with van der Waals surface area (Å²) in [4.78, 5) is 54.2. The number of benzene rings is 1. The van der Waals surface area contributed by atoms with Crippen molar-refractivity contribution in [3.8, 4) is 0 Å². The van der Waals surface area contributed by atoms with E-state index in [9.17, 15) is 39.6 Å². The molecule has 13 heteroatoms. The van der Waals surface area contributed by atoms with E-state index < -0.39 is 94.9 Å². The van der Waals surface area contributed by atoms with Crippen molar-refractivity contribution in [1.82, 2.24) is 0 Å². The molecule has 3 fully saturated rings. The van der Waals surface area contributed by atoms with Crippen LogP contribution in [-0.4, -0.2) is 106 Å². The molecule has 1 aliphatic heterocycles. The summed E-state index contributed by atoms with van der Waals surface area (Å²) in [5.74, 6) is -4.45. The lowest BCUT2D eigenvalue weighted by molar-refractivity contribution is -0.345. The lowest BCUT2D eigenvalue weighted by Crippen LogP contribution is -2.82. The summed E-state index contributed by atoms with van der Waals surface area (Å²) in [5, 5.41) is 46.2. The third-order valence-electron chi connectivity index (χ3n) is 10.8. The molecule has 4 N–H and O–H groups in total. The van der Waals surface area contributed by atoms with Crippen LogP contribution >= 0.6 is 0 Å². The van der Waals surface area contributed by atoms with Crippen molar-refractivity contribution in [3.63, 3.8) is 0 Å². The summed E-state index contributed by atoms with van der Waals surface area (Å²) < 4.78 is 28.2. The van der Waals surface area contributed by atoms with Gasteiger partial charge in [-0.1, -0.05) is 32.0 Å². The Kier molecular flexibility index (Phi) is 7.98. The number of carbonyl (C=O) groups excluding carboxylic acids is 4. The molecule has 1 aromatic rings. The second kappa shape index (κ2) is 10.9. The van der Waals surface area contributed by atoms with Crippen molar-refractivity contribution in [2.45, 2.75) is 88.7 Å². The molecule has 1 saturated heterocycles. The molecule has 0 radical (unpaired) electrons. The highest BCUT2D eigenvalue weighted by Gasteiger charge is 2.79. The maximum atomic E-state index is 15.0. The molecular weight excluding hydrogens is 592 g/mol. The third kappa shape index (κ3) is 4.62. The molecule has 9 atom stereocenters. The molecule has 13 nitrogen and oxygen atoms in total. The van der Waals surface area contributed by atoms with Crippen LogP contribution in [0.2, 0.25) is 0 Å². The van der Waals surface area contributed by atoms with Crippen LogP contribution in [0.5, 0.6) is 0 Å². The Balaban J connectivity index is 1.86. The van der Waals surface area contributed by atoms with Gasteiger partial charge >= 0.3 is 18.1 Å². The molecule has 2 saturated carbocycles. The van der Waals surface area contributed by atoms with Crippen molar-refractivity contribution in [3.05, 3.63) is 47.0 Å². The van der Waals surface area contributed by atoms with E-state index in [2.05, 4.69) is 0 Å². The number of esters is 2. The first-order chi connectivity index (χ1) is 20.9. The second-order valence-electron chi connectivity index (χ2n) is 13.4. The number of carbonyl (C=O) groups is 4. The molecule has 0 amide bonds. The number of aliphatic hydroxyl groups is 4. The highest BCUT2D eigenvalue weighted by molar-refractivity contribution is 5.95. The summed E-state index contributed by atoms with van der Waals surface area (Å²) in [6.45, 7) is 6.02. The molecule has 1 aromatic carbocycles. The third-order valence-corrected chi connectivity index (χ3v) is 10.8. The minimum absolute atomic E-state index is 0.0237. The Bertz CT molecular complexity index is 1430. The van der Waals surface area contributed by atoms with Gasteiger partial charge in [-0.25, -0.2) is 14.4 Å². The minimum atomic E-state index is -2.25. The second-order valence-corrected chi connectivity index (χ2v) is 13.4. The van der Waals surface area contributed by atoms with Crippen LogP contribution in [0.25, 0.3) is 0 Å². The smallest absolute Gasteiger partial charge is 0.455 e.